The summed E-state index contributed by atoms with van der Waals surface area (Å²) in [6.45, 7) is 5.87. The Balaban J connectivity index is 1.41. The molecule has 1 aromatic carbocycles. The second-order valence-electron chi connectivity index (χ2n) is 5.77. The van der Waals surface area contributed by atoms with Crippen molar-refractivity contribution < 1.29 is 18.6 Å². The predicted molar refractivity (Wildman–Crippen MR) is 76.8 cm³/mol. The molecule has 0 unspecified atom stereocenters. The molecule has 0 radical (unpaired) electrons. The fraction of sp³-hybridized carbons (Fsp3) is 0.625. The van der Waals surface area contributed by atoms with Crippen molar-refractivity contribution in [2.24, 2.45) is 0 Å². The van der Waals surface area contributed by atoms with Gasteiger partial charge in [-0.2, -0.15) is 0 Å². The van der Waals surface area contributed by atoms with Gasteiger partial charge in [-0.05, 0) is 19.1 Å². The number of para-hydroxylation sites is 1. The summed E-state index contributed by atoms with van der Waals surface area (Å²) in [5.74, 6) is -0.346. The minimum atomic E-state index is -0.359. The Kier molecular flexibility index (Phi) is 4.42. The number of nitrogens with zero attached hydrogens (tertiary/aromatic N) is 1. The van der Waals surface area contributed by atoms with Crippen LogP contribution in [0, 0.1) is 5.82 Å². The first-order valence-corrected chi connectivity index (χ1v) is 7.58. The van der Waals surface area contributed by atoms with Crippen molar-refractivity contribution in [1.82, 2.24) is 4.90 Å². The van der Waals surface area contributed by atoms with Crippen molar-refractivity contribution in [2.75, 3.05) is 32.8 Å². The molecule has 2 fully saturated rings. The standard InChI is InChI=1S/C16H22FNO3/c1-13-12-20-16(21-13)6-8-18(9-7-16)10-11-19-15-5-3-2-4-14(15)17/h2-5,13H,6-12H2,1H3/t13-/m0/s1. The monoisotopic (exact) mass is 295 g/mol. The second kappa shape index (κ2) is 6.30. The van der Waals surface area contributed by atoms with Crippen LogP contribution in [0.15, 0.2) is 24.3 Å². The van der Waals surface area contributed by atoms with Gasteiger partial charge in [0.05, 0.1) is 12.7 Å². The second-order valence-corrected chi connectivity index (χ2v) is 5.77. The van der Waals surface area contributed by atoms with Gasteiger partial charge in [-0.1, -0.05) is 12.1 Å². The lowest BCUT2D eigenvalue weighted by Crippen LogP contribution is -2.46. The highest BCUT2D eigenvalue weighted by atomic mass is 19.1. The average molecular weight is 295 g/mol. The molecule has 2 aliphatic heterocycles. The maximum atomic E-state index is 13.4. The molecule has 5 heteroatoms. The molecule has 3 rings (SSSR count). The molecule has 0 bridgehead atoms. The minimum Gasteiger partial charge on any atom is -0.489 e. The van der Waals surface area contributed by atoms with Crippen LogP contribution in [-0.2, 0) is 9.47 Å². The molecule has 1 spiro atoms. The molecule has 116 valence electrons. The first-order chi connectivity index (χ1) is 10.2. The van der Waals surface area contributed by atoms with Crippen molar-refractivity contribution in [1.29, 1.82) is 0 Å². The molecule has 1 aromatic rings. The van der Waals surface area contributed by atoms with E-state index in [2.05, 4.69) is 4.90 Å². The zero-order chi connectivity index (χ0) is 14.7. The Morgan fingerprint density at radius 2 is 2.10 bits per heavy atom. The first-order valence-electron chi connectivity index (χ1n) is 7.58. The van der Waals surface area contributed by atoms with Crippen LogP contribution in [-0.4, -0.2) is 49.6 Å². The number of likely N-dealkylation sites (tertiary alicyclic amines) is 1. The first kappa shape index (κ1) is 14.8. The van der Waals surface area contributed by atoms with Gasteiger partial charge in [0.15, 0.2) is 17.4 Å². The highest BCUT2D eigenvalue weighted by Gasteiger charge is 2.42. The van der Waals surface area contributed by atoms with Gasteiger partial charge in [0.1, 0.15) is 6.61 Å². The maximum Gasteiger partial charge on any atom is 0.171 e. The molecule has 4 nitrogen and oxygen atoms in total. The lowest BCUT2D eigenvalue weighted by molar-refractivity contribution is -0.193. The lowest BCUT2D eigenvalue weighted by atomic mass is 10.0. The SMILES string of the molecule is C[C@H]1COC2(CCN(CCOc3ccccc3F)CC2)O1. The third-order valence-corrected chi connectivity index (χ3v) is 4.12. The summed E-state index contributed by atoms with van der Waals surface area (Å²) in [6.07, 6.45) is 1.97. The van der Waals surface area contributed by atoms with Crippen molar-refractivity contribution in [3.63, 3.8) is 0 Å². The van der Waals surface area contributed by atoms with Gasteiger partial charge in [0.25, 0.3) is 0 Å². The van der Waals surface area contributed by atoms with E-state index in [1.165, 1.54) is 6.07 Å². The molecule has 0 aromatic heterocycles. The number of rotatable bonds is 4. The molecule has 0 aliphatic carbocycles. The smallest absolute Gasteiger partial charge is 0.171 e. The molecule has 2 heterocycles. The summed E-state index contributed by atoms with van der Waals surface area (Å²) in [4.78, 5) is 2.31. The highest BCUT2D eigenvalue weighted by Crippen LogP contribution is 2.33. The molecule has 2 aliphatic rings. The number of piperidine rings is 1. The molecule has 2 saturated heterocycles. The topological polar surface area (TPSA) is 30.9 Å². The fourth-order valence-corrected chi connectivity index (χ4v) is 2.93. The van der Waals surface area contributed by atoms with Crippen molar-refractivity contribution in [3.05, 3.63) is 30.1 Å². The van der Waals surface area contributed by atoms with E-state index in [-0.39, 0.29) is 17.7 Å². The van der Waals surface area contributed by atoms with Gasteiger partial charge in [0.2, 0.25) is 0 Å². The fourth-order valence-electron chi connectivity index (χ4n) is 2.93. The summed E-state index contributed by atoms with van der Waals surface area (Å²) in [5, 5.41) is 0. The van der Waals surface area contributed by atoms with E-state index in [0.717, 1.165) is 32.5 Å². The van der Waals surface area contributed by atoms with Gasteiger partial charge in [-0.25, -0.2) is 4.39 Å². The normalized spacial score (nSPS) is 25.3. The van der Waals surface area contributed by atoms with Crippen LogP contribution in [0.1, 0.15) is 19.8 Å². The van der Waals surface area contributed by atoms with Crippen LogP contribution in [0.2, 0.25) is 0 Å². The average Bonchev–Trinajstić information content (AvgIpc) is 2.84. The van der Waals surface area contributed by atoms with E-state index in [9.17, 15) is 4.39 Å². The van der Waals surface area contributed by atoms with E-state index in [1.807, 2.05) is 6.92 Å². The van der Waals surface area contributed by atoms with E-state index >= 15 is 0 Å². The summed E-state index contributed by atoms with van der Waals surface area (Å²) < 4.78 is 30.6. The molecule has 1 atom stereocenters. The minimum absolute atomic E-state index is 0.195. The van der Waals surface area contributed by atoms with Crippen LogP contribution in [0.4, 0.5) is 4.39 Å². The lowest BCUT2D eigenvalue weighted by Gasteiger charge is -2.37. The van der Waals surface area contributed by atoms with Crippen molar-refractivity contribution in [3.8, 4) is 5.75 Å². The Bertz CT molecular complexity index is 474. The van der Waals surface area contributed by atoms with Crippen LogP contribution >= 0.6 is 0 Å². The number of ether oxygens (including phenoxy) is 3. The van der Waals surface area contributed by atoms with E-state index in [4.69, 9.17) is 14.2 Å². The summed E-state index contributed by atoms with van der Waals surface area (Å²) in [5.41, 5.74) is 0. The Labute approximate surface area is 124 Å². The third kappa shape index (κ3) is 3.54. The zero-order valence-corrected chi connectivity index (χ0v) is 12.4. The largest absolute Gasteiger partial charge is 0.489 e. The Morgan fingerprint density at radius 3 is 2.76 bits per heavy atom. The zero-order valence-electron chi connectivity index (χ0n) is 12.4. The molecule has 0 saturated carbocycles. The number of hydrogen-bond acceptors (Lipinski definition) is 4. The summed E-state index contributed by atoms with van der Waals surface area (Å²) in [7, 11) is 0. The molecular formula is C16H22FNO3. The van der Waals surface area contributed by atoms with E-state index in [1.54, 1.807) is 18.2 Å². The van der Waals surface area contributed by atoms with Crippen LogP contribution in [0.3, 0.4) is 0 Å². The van der Waals surface area contributed by atoms with Gasteiger partial charge in [-0.15, -0.1) is 0 Å². The van der Waals surface area contributed by atoms with Gasteiger partial charge >= 0.3 is 0 Å². The molecular weight excluding hydrogens is 273 g/mol. The predicted octanol–water partition coefficient (Wildman–Crippen LogP) is 2.43. The van der Waals surface area contributed by atoms with Crippen LogP contribution in [0.5, 0.6) is 5.75 Å². The van der Waals surface area contributed by atoms with Crippen LogP contribution in [0.25, 0.3) is 0 Å². The van der Waals surface area contributed by atoms with Gasteiger partial charge < -0.3 is 14.2 Å². The van der Waals surface area contributed by atoms with Gasteiger partial charge in [0, 0.05) is 32.5 Å². The van der Waals surface area contributed by atoms with Crippen LogP contribution < -0.4 is 4.74 Å². The number of halogens is 1. The van der Waals surface area contributed by atoms with E-state index in [0.29, 0.717) is 19.0 Å². The van der Waals surface area contributed by atoms with Gasteiger partial charge in [-0.3, -0.25) is 4.90 Å². The quantitative estimate of drug-likeness (QED) is 0.853. The number of benzene rings is 1. The number of hydrogen-bond donors (Lipinski definition) is 0. The highest BCUT2D eigenvalue weighted by molar-refractivity contribution is 5.23. The Hall–Kier alpha value is -1.17. The molecule has 0 amide bonds. The van der Waals surface area contributed by atoms with E-state index < -0.39 is 0 Å². The third-order valence-electron chi connectivity index (χ3n) is 4.12. The van der Waals surface area contributed by atoms with Crippen molar-refractivity contribution in [2.45, 2.75) is 31.7 Å². The maximum absolute atomic E-state index is 13.4. The summed E-state index contributed by atoms with van der Waals surface area (Å²) in [6, 6.07) is 6.51. The van der Waals surface area contributed by atoms with Crippen molar-refractivity contribution >= 4 is 0 Å². The molecule has 21 heavy (non-hydrogen) atoms. The molecule has 0 N–H and O–H groups in total. The summed E-state index contributed by atoms with van der Waals surface area (Å²) >= 11 is 0. The Morgan fingerprint density at radius 1 is 1.33 bits per heavy atom.